The van der Waals surface area contributed by atoms with E-state index in [1.54, 1.807) is 0 Å². The van der Waals surface area contributed by atoms with Crippen molar-refractivity contribution in [3.8, 4) is 0 Å². The molecular weight excluding hydrogens is 162 g/mol. The second-order valence-corrected chi connectivity index (χ2v) is 5.12. The zero-order valence-electron chi connectivity index (χ0n) is 9.14. The summed E-state index contributed by atoms with van der Waals surface area (Å²) in [5.41, 5.74) is 5.79. The average molecular weight is 185 g/mol. The zero-order valence-corrected chi connectivity index (χ0v) is 9.14. The van der Waals surface area contributed by atoms with Crippen molar-refractivity contribution in [2.24, 2.45) is 16.6 Å². The van der Waals surface area contributed by atoms with Gasteiger partial charge in [0.05, 0.1) is 6.10 Å². The monoisotopic (exact) mass is 185 g/mol. The summed E-state index contributed by atoms with van der Waals surface area (Å²) in [6.45, 7) is 6.98. The van der Waals surface area contributed by atoms with Crippen LogP contribution in [0.15, 0.2) is 0 Å². The molecule has 0 aliphatic heterocycles. The van der Waals surface area contributed by atoms with Gasteiger partial charge in [-0.15, -0.1) is 0 Å². The summed E-state index contributed by atoms with van der Waals surface area (Å²) >= 11 is 0. The minimum absolute atomic E-state index is 0.0881. The molecule has 0 spiro atoms. The van der Waals surface area contributed by atoms with Gasteiger partial charge in [-0.05, 0) is 24.7 Å². The minimum atomic E-state index is -0.233. The fourth-order valence-corrected chi connectivity index (χ4v) is 2.30. The number of hydrogen-bond acceptors (Lipinski definition) is 2. The fraction of sp³-hybridized carbons (Fsp3) is 1.00. The van der Waals surface area contributed by atoms with E-state index in [2.05, 4.69) is 20.8 Å². The van der Waals surface area contributed by atoms with E-state index in [0.717, 1.165) is 19.3 Å². The molecule has 2 atom stereocenters. The molecule has 0 heterocycles. The predicted molar refractivity (Wildman–Crippen MR) is 55.4 cm³/mol. The molecule has 0 amide bonds. The van der Waals surface area contributed by atoms with E-state index in [1.807, 2.05) is 0 Å². The van der Waals surface area contributed by atoms with E-state index in [0.29, 0.717) is 6.54 Å². The van der Waals surface area contributed by atoms with Crippen LogP contribution in [0.25, 0.3) is 0 Å². The van der Waals surface area contributed by atoms with E-state index >= 15 is 0 Å². The Balaban J connectivity index is 2.68. The van der Waals surface area contributed by atoms with Crippen LogP contribution >= 0.6 is 0 Å². The van der Waals surface area contributed by atoms with Gasteiger partial charge in [-0.25, -0.2) is 0 Å². The largest absolute Gasteiger partial charge is 0.392 e. The fourth-order valence-electron chi connectivity index (χ4n) is 2.30. The van der Waals surface area contributed by atoms with E-state index in [1.165, 1.54) is 6.42 Å². The van der Waals surface area contributed by atoms with Gasteiger partial charge in [0.15, 0.2) is 0 Å². The summed E-state index contributed by atoms with van der Waals surface area (Å²) in [7, 11) is 0. The Morgan fingerprint density at radius 3 is 2.31 bits per heavy atom. The van der Waals surface area contributed by atoms with Crippen LogP contribution in [0.3, 0.4) is 0 Å². The molecule has 1 rings (SSSR count). The van der Waals surface area contributed by atoms with Gasteiger partial charge in [-0.2, -0.15) is 0 Å². The van der Waals surface area contributed by atoms with Crippen molar-refractivity contribution < 1.29 is 5.11 Å². The Morgan fingerprint density at radius 2 is 2.08 bits per heavy atom. The summed E-state index contributed by atoms with van der Waals surface area (Å²) in [4.78, 5) is 0. The molecule has 2 heteroatoms. The van der Waals surface area contributed by atoms with E-state index < -0.39 is 0 Å². The third-order valence-electron chi connectivity index (χ3n) is 4.09. The molecule has 1 aliphatic rings. The lowest BCUT2D eigenvalue weighted by Gasteiger charge is -2.49. The minimum Gasteiger partial charge on any atom is -0.392 e. The molecule has 0 aromatic carbocycles. The summed E-state index contributed by atoms with van der Waals surface area (Å²) < 4.78 is 0. The molecule has 3 N–H and O–H groups in total. The first kappa shape index (κ1) is 11.0. The lowest BCUT2D eigenvalue weighted by Crippen LogP contribution is -2.51. The maximum atomic E-state index is 10.3. The molecule has 13 heavy (non-hydrogen) atoms. The highest BCUT2D eigenvalue weighted by molar-refractivity contribution is 4.97. The Hall–Kier alpha value is -0.0800. The number of nitrogens with two attached hydrogens (primary N) is 1. The molecule has 2 unspecified atom stereocenters. The Morgan fingerprint density at radius 1 is 1.54 bits per heavy atom. The molecule has 0 aromatic heterocycles. The molecular formula is C11H23NO. The number of hydrogen-bond donors (Lipinski definition) is 2. The lowest BCUT2D eigenvalue weighted by molar-refractivity contribution is -0.0933. The van der Waals surface area contributed by atoms with Crippen molar-refractivity contribution in [1.29, 1.82) is 0 Å². The molecule has 2 nitrogen and oxygen atoms in total. The zero-order chi connectivity index (χ0) is 10.1. The molecule has 1 fully saturated rings. The Bertz CT molecular complexity index is 171. The predicted octanol–water partition coefficient (Wildman–Crippen LogP) is 1.91. The second-order valence-electron chi connectivity index (χ2n) is 5.12. The number of rotatable bonds is 4. The first-order valence-corrected chi connectivity index (χ1v) is 5.37. The Kier molecular flexibility index (Phi) is 3.03. The standard InChI is InChI=1S/C11H23NO/c1-4-10(2,8-12)9(13)11(3)6-5-7-11/h9,13H,4-8,12H2,1-3H3. The number of aliphatic hydroxyl groups is 1. The van der Waals surface area contributed by atoms with Gasteiger partial charge >= 0.3 is 0 Å². The van der Waals surface area contributed by atoms with Crippen molar-refractivity contribution >= 4 is 0 Å². The quantitative estimate of drug-likeness (QED) is 0.703. The maximum Gasteiger partial charge on any atom is 0.0659 e. The van der Waals surface area contributed by atoms with Gasteiger partial charge in [0, 0.05) is 12.0 Å². The molecule has 0 radical (unpaired) electrons. The van der Waals surface area contributed by atoms with Gasteiger partial charge in [-0.1, -0.05) is 27.2 Å². The average Bonchev–Trinajstić information content (AvgIpc) is 2.11. The van der Waals surface area contributed by atoms with Gasteiger partial charge in [0.2, 0.25) is 0 Å². The highest BCUT2D eigenvalue weighted by atomic mass is 16.3. The summed E-state index contributed by atoms with van der Waals surface area (Å²) in [5, 5.41) is 10.3. The summed E-state index contributed by atoms with van der Waals surface area (Å²) in [5.74, 6) is 0. The molecule has 1 saturated carbocycles. The van der Waals surface area contributed by atoms with Crippen molar-refractivity contribution in [3.05, 3.63) is 0 Å². The van der Waals surface area contributed by atoms with Crippen LogP contribution in [0.1, 0.15) is 46.5 Å². The smallest absolute Gasteiger partial charge is 0.0659 e. The van der Waals surface area contributed by atoms with Gasteiger partial charge in [0.25, 0.3) is 0 Å². The van der Waals surface area contributed by atoms with Crippen LogP contribution in [-0.4, -0.2) is 17.8 Å². The topological polar surface area (TPSA) is 46.2 Å². The van der Waals surface area contributed by atoms with Crippen LogP contribution in [0.2, 0.25) is 0 Å². The normalized spacial score (nSPS) is 27.5. The van der Waals surface area contributed by atoms with Crippen LogP contribution < -0.4 is 5.73 Å². The van der Waals surface area contributed by atoms with Crippen molar-refractivity contribution in [3.63, 3.8) is 0 Å². The summed E-state index contributed by atoms with van der Waals surface area (Å²) in [6.07, 6.45) is 4.30. The highest BCUT2D eigenvalue weighted by Gasteiger charge is 2.46. The molecule has 0 saturated heterocycles. The van der Waals surface area contributed by atoms with Gasteiger partial charge < -0.3 is 10.8 Å². The van der Waals surface area contributed by atoms with Crippen LogP contribution in [0, 0.1) is 10.8 Å². The lowest BCUT2D eigenvalue weighted by atomic mass is 9.59. The van der Waals surface area contributed by atoms with E-state index in [-0.39, 0.29) is 16.9 Å². The SMILES string of the molecule is CCC(C)(CN)C(O)C1(C)CCC1. The number of aliphatic hydroxyl groups excluding tert-OH is 1. The van der Waals surface area contributed by atoms with Crippen LogP contribution in [0.5, 0.6) is 0 Å². The van der Waals surface area contributed by atoms with Crippen molar-refractivity contribution in [1.82, 2.24) is 0 Å². The third kappa shape index (κ3) is 1.75. The maximum absolute atomic E-state index is 10.3. The van der Waals surface area contributed by atoms with Crippen molar-refractivity contribution in [2.45, 2.75) is 52.6 Å². The molecule has 0 aromatic rings. The first-order valence-electron chi connectivity index (χ1n) is 5.37. The highest BCUT2D eigenvalue weighted by Crippen LogP contribution is 2.49. The first-order chi connectivity index (χ1) is 5.98. The van der Waals surface area contributed by atoms with E-state index in [4.69, 9.17) is 5.73 Å². The molecule has 0 bridgehead atoms. The summed E-state index contributed by atoms with van der Waals surface area (Å²) in [6, 6.07) is 0. The molecule has 1 aliphatic carbocycles. The molecule has 78 valence electrons. The van der Waals surface area contributed by atoms with Crippen molar-refractivity contribution in [2.75, 3.05) is 6.54 Å². The van der Waals surface area contributed by atoms with Gasteiger partial charge in [0.1, 0.15) is 0 Å². The van der Waals surface area contributed by atoms with Crippen LogP contribution in [-0.2, 0) is 0 Å². The Labute approximate surface area is 81.5 Å². The van der Waals surface area contributed by atoms with Gasteiger partial charge in [-0.3, -0.25) is 0 Å². The van der Waals surface area contributed by atoms with Crippen LogP contribution in [0.4, 0.5) is 0 Å². The van der Waals surface area contributed by atoms with E-state index in [9.17, 15) is 5.11 Å². The third-order valence-corrected chi connectivity index (χ3v) is 4.09. The second kappa shape index (κ2) is 3.58.